The molecule has 6 nitrogen and oxygen atoms in total. The standard InChI is InChI=1S/C19H20N4O2/c1-12(2)14-4-6-16(7-5-14)21-17-9-15(10-20-11-17)19(24)22-18-8-13(3)25-23-18/h4-12,21H,1-3H3,(H,22,23,24). The highest BCUT2D eigenvalue weighted by atomic mass is 16.5. The van der Waals surface area contributed by atoms with Gasteiger partial charge in [0.15, 0.2) is 5.82 Å². The monoisotopic (exact) mass is 336 g/mol. The fourth-order valence-corrected chi connectivity index (χ4v) is 2.36. The Bertz CT molecular complexity index is 869. The maximum atomic E-state index is 12.3. The third kappa shape index (κ3) is 4.23. The number of hydrogen-bond acceptors (Lipinski definition) is 5. The molecule has 0 atom stereocenters. The molecule has 2 heterocycles. The highest BCUT2D eigenvalue weighted by Crippen LogP contribution is 2.21. The van der Waals surface area contributed by atoms with E-state index in [2.05, 4.69) is 46.8 Å². The summed E-state index contributed by atoms with van der Waals surface area (Å²) >= 11 is 0. The summed E-state index contributed by atoms with van der Waals surface area (Å²) in [5.74, 6) is 1.21. The smallest absolute Gasteiger partial charge is 0.258 e. The molecule has 2 aromatic heterocycles. The van der Waals surface area contributed by atoms with Crippen LogP contribution in [0, 0.1) is 6.92 Å². The van der Waals surface area contributed by atoms with Crippen LogP contribution in [0.5, 0.6) is 0 Å². The number of nitrogens with zero attached hydrogens (tertiary/aromatic N) is 2. The van der Waals surface area contributed by atoms with E-state index in [-0.39, 0.29) is 5.91 Å². The minimum Gasteiger partial charge on any atom is -0.360 e. The first-order valence-corrected chi connectivity index (χ1v) is 8.08. The van der Waals surface area contributed by atoms with Gasteiger partial charge >= 0.3 is 0 Å². The maximum absolute atomic E-state index is 12.3. The summed E-state index contributed by atoms with van der Waals surface area (Å²) < 4.78 is 4.94. The van der Waals surface area contributed by atoms with E-state index in [1.165, 1.54) is 11.8 Å². The Balaban J connectivity index is 1.71. The maximum Gasteiger partial charge on any atom is 0.258 e. The fraction of sp³-hybridized carbons (Fsp3) is 0.211. The summed E-state index contributed by atoms with van der Waals surface area (Å²) in [7, 11) is 0. The third-order valence-corrected chi connectivity index (χ3v) is 3.74. The third-order valence-electron chi connectivity index (χ3n) is 3.74. The van der Waals surface area contributed by atoms with E-state index in [4.69, 9.17) is 4.52 Å². The lowest BCUT2D eigenvalue weighted by atomic mass is 10.0. The zero-order valence-electron chi connectivity index (χ0n) is 14.4. The van der Waals surface area contributed by atoms with Crippen molar-refractivity contribution in [2.75, 3.05) is 10.6 Å². The zero-order valence-corrected chi connectivity index (χ0v) is 14.4. The molecule has 2 N–H and O–H groups in total. The Hall–Kier alpha value is -3.15. The van der Waals surface area contributed by atoms with Crippen molar-refractivity contribution in [2.24, 2.45) is 0 Å². The van der Waals surface area contributed by atoms with E-state index >= 15 is 0 Å². The van der Waals surface area contributed by atoms with Crippen LogP contribution in [0.3, 0.4) is 0 Å². The van der Waals surface area contributed by atoms with Gasteiger partial charge in [0.1, 0.15) is 5.76 Å². The first-order chi connectivity index (χ1) is 12.0. The van der Waals surface area contributed by atoms with Gasteiger partial charge in [-0.1, -0.05) is 31.1 Å². The van der Waals surface area contributed by atoms with E-state index in [9.17, 15) is 4.79 Å². The van der Waals surface area contributed by atoms with Gasteiger partial charge in [0.05, 0.1) is 17.4 Å². The van der Waals surface area contributed by atoms with Crippen LogP contribution in [0.2, 0.25) is 0 Å². The van der Waals surface area contributed by atoms with Crippen molar-refractivity contribution in [1.82, 2.24) is 10.1 Å². The molecule has 25 heavy (non-hydrogen) atoms. The van der Waals surface area contributed by atoms with Crippen LogP contribution in [0.25, 0.3) is 0 Å². The lowest BCUT2D eigenvalue weighted by Crippen LogP contribution is -2.12. The second-order valence-electron chi connectivity index (χ2n) is 6.14. The summed E-state index contributed by atoms with van der Waals surface area (Å²) in [5, 5.41) is 9.69. The number of nitrogens with one attached hydrogen (secondary N) is 2. The minimum absolute atomic E-state index is 0.292. The number of anilines is 3. The largest absolute Gasteiger partial charge is 0.360 e. The number of aromatic nitrogens is 2. The Kier molecular flexibility index (Phi) is 4.79. The molecule has 0 spiro atoms. The molecular formula is C19H20N4O2. The van der Waals surface area contributed by atoms with Crippen LogP contribution in [0.1, 0.15) is 41.4 Å². The molecule has 3 rings (SSSR count). The first kappa shape index (κ1) is 16.7. The average Bonchev–Trinajstić information content (AvgIpc) is 3.00. The Morgan fingerprint density at radius 3 is 2.48 bits per heavy atom. The average molecular weight is 336 g/mol. The predicted molar refractivity (Wildman–Crippen MR) is 97.2 cm³/mol. The Labute approximate surface area is 146 Å². The lowest BCUT2D eigenvalue weighted by molar-refractivity contribution is 0.102. The molecule has 0 radical (unpaired) electrons. The number of carbonyl (C=O) groups is 1. The van der Waals surface area contributed by atoms with Crippen LogP contribution in [-0.2, 0) is 0 Å². The lowest BCUT2D eigenvalue weighted by Gasteiger charge is -2.10. The normalized spacial score (nSPS) is 10.7. The number of amides is 1. The summed E-state index contributed by atoms with van der Waals surface area (Å²) in [6, 6.07) is 11.6. The van der Waals surface area contributed by atoms with Gasteiger partial charge in [-0.15, -0.1) is 0 Å². The van der Waals surface area contributed by atoms with Crippen molar-refractivity contribution in [3.8, 4) is 0 Å². The van der Waals surface area contributed by atoms with E-state index in [1.54, 1.807) is 25.3 Å². The SMILES string of the molecule is Cc1cc(NC(=O)c2cncc(Nc3ccc(C(C)C)cc3)c2)no1. The van der Waals surface area contributed by atoms with Crippen molar-refractivity contribution in [3.05, 3.63) is 65.7 Å². The molecule has 0 fully saturated rings. The van der Waals surface area contributed by atoms with Crippen LogP contribution >= 0.6 is 0 Å². The Morgan fingerprint density at radius 2 is 1.84 bits per heavy atom. The highest BCUT2D eigenvalue weighted by molar-refractivity contribution is 6.04. The molecule has 1 aromatic carbocycles. The molecule has 0 aliphatic carbocycles. The summed E-state index contributed by atoms with van der Waals surface area (Å²) in [6.07, 6.45) is 3.18. The first-order valence-electron chi connectivity index (χ1n) is 8.08. The fourth-order valence-electron chi connectivity index (χ4n) is 2.36. The molecule has 0 bridgehead atoms. The molecule has 1 amide bonds. The summed E-state index contributed by atoms with van der Waals surface area (Å²) in [6.45, 7) is 6.08. The quantitative estimate of drug-likeness (QED) is 0.717. The van der Waals surface area contributed by atoms with Gasteiger partial charge in [0, 0.05) is 18.0 Å². The van der Waals surface area contributed by atoms with Crippen molar-refractivity contribution in [1.29, 1.82) is 0 Å². The van der Waals surface area contributed by atoms with Gasteiger partial charge in [-0.3, -0.25) is 9.78 Å². The molecule has 0 saturated carbocycles. The van der Waals surface area contributed by atoms with Crippen molar-refractivity contribution in [3.63, 3.8) is 0 Å². The van der Waals surface area contributed by atoms with E-state index in [0.29, 0.717) is 23.1 Å². The molecule has 128 valence electrons. The van der Waals surface area contributed by atoms with Gasteiger partial charge < -0.3 is 15.2 Å². The molecule has 0 aliphatic rings. The van der Waals surface area contributed by atoms with Crippen LogP contribution in [0.15, 0.2) is 53.3 Å². The van der Waals surface area contributed by atoms with Gasteiger partial charge in [-0.05, 0) is 36.6 Å². The van der Waals surface area contributed by atoms with Crippen molar-refractivity contribution in [2.45, 2.75) is 26.7 Å². The molecule has 6 heteroatoms. The van der Waals surface area contributed by atoms with Crippen LogP contribution in [0.4, 0.5) is 17.2 Å². The number of pyridine rings is 1. The number of hydrogen-bond donors (Lipinski definition) is 2. The number of rotatable bonds is 5. The summed E-state index contributed by atoms with van der Waals surface area (Å²) in [4.78, 5) is 16.4. The van der Waals surface area contributed by atoms with E-state index in [0.717, 1.165) is 11.4 Å². The van der Waals surface area contributed by atoms with Gasteiger partial charge in [-0.2, -0.15) is 0 Å². The van der Waals surface area contributed by atoms with Crippen LogP contribution < -0.4 is 10.6 Å². The van der Waals surface area contributed by atoms with Gasteiger partial charge in [0.25, 0.3) is 5.91 Å². The van der Waals surface area contributed by atoms with Crippen molar-refractivity contribution < 1.29 is 9.32 Å². The number of benzene rings is 1. The van der Waals surface area contributed by atoms with Gasteiger partial charge in [-0.25, -0.2) is 0 Å². The van der Waals surface area contributed by atoms with E-state index in [1.807, 2.05) is 12.1 Å². The molecule has 0 aliphatic heterocycles. The molecule has 0 unspecified atom stereocenters. The molecule has 0 saturated heterocycles. The summed E-state index contributed by atoms with van der Waals surface area (Å²) in [5.41, 5.74) is 3.39. The zero-order chi connectivity index (χ0) is 17.8. The molecule has 3 aromatic rings. The molecular weight excluding hydrogens is 316 g/mol. The number of carbonyl (C=O) groups excluding carboxylic acids is 1. The van der Waals surface area contributed by atoms with Gasteiger partial charge in [0.2, 0.25) is 0 Å². The second kappa shape index (κ2) is 7.17. The highest BCUT2D eigenvalue weighted by Gasteiger charge is 2.10. The van der Waals surface area contributed by atoms with Crippen molar-refractivity contribution >= 4 is 23.1 Å². The Morgan fingerprint density at radius 1 is 1.08 bits per heavy atom. The predicted octanol–water partition coefficient (Wildman–Crippen LogP) is 4.50. The second-order valence-corrected chi connectivity index (χ2v) is 6.14. The minimum atomic E-state index is -0.292. The van der Waals surface area contributed by atoms with E-state index < -0.39 is 0 Å². The number of aryl methyl sites for hydroxylation is 1. The topological polar surface area (TPSA) is 80.0 Å². The van der Waals surface area contributed by atoms with Crippen LogP contribution in [-0.4, -0.2) is 16.0 Å².